The fourth-order valence-corrected chi connectivity index (χ4v) is 6.44. The van der Waals surface area contributed by atoms with Gasteiger partial charge in [0.05, 0.1) is 5.56 Å². The van der Waals surface area contributed by atoms with Crippen molar-refractivity contribution in [3.8, 4) is 0 Å². The van der Waals surface area contributed by atoms with Crippen LogP contribution in [-0.4, -0.2) is 35.5 Å². The Morgan fingerprint density at radius 1 is 1.21 bits per heavy atom. The van der Waals surface area contributed by atoms with E-state index in [-0.39, 0.29) is 17.2 Å². The molecular weight excluding hydrogens is 350 g/mol. The number of likely N-dealkylation sites (tertiary alicyclic amines) is 1. The zero-order valence-corrected chi connectivity index (χ0v) is 17.0. The van der Waals surface area contributed by atoms with E-state index in [2.05, 4.69) is 29.4 Å². The molecule has 0 unspecified atom stereocenters. The Hall–Kier alpha value is -2.04. The van der Waals surface area contributed by atoms with Gasteiger partial charge in [-0.15, -0.1) is 0 Å². The average molecular weight is 382 g/mol. The Morgan fingerprint density at radius 2 is 2.04 bits per heavy atom. The summed E-state index contributed by atoms with van der Waals surface area (Å²) < 4.78 is 0. The van der Waals surface area contributed by atoms with Crippen molar-refractivity contribution in [2.24, 2.45) is 23.2 Å². The molecule has 5 heteroatoms. The van der Waals surface area contributed by atoms with Crippen LogP contribution in [-0.2, 0) is 4.79 Å². The van der Waals surface area contributed by atoms with Crippen molar-refractivity contribution in [3.05, 3.63) is 29.8 Å². The number of hydrogen-bond donors (Lipinski definition) is 2. The highest BCUT2D eigenvalue weighted by atomic mass is 16.2. The molecule has 3 aliphatic carbocycles. The Labute approximate surface area is 167 Å². The number of nitrogens with one attached hydrogen (secondary N) is 2. The van der Waals surface area contributed by atoms with Crippen LogP contribution in [0.3, 0.4) is 0 Å². The van der Waals surface area contributed by atoms with Gasteiger partial charge in [-0.2, -0.15) is 0 Å². The van der Waals surface area contributed by atoms with Gasteiger partial charge < -0.3 is 15.5 Å². The molecule has 1 spiro atoms. The van der Waals surface area contributed by atoms with E-state index in [4.69, 9.17) is 0 Å². The molecule has 1 aromatic rings. The highest BCUT2D eigenvalue weighted by molar-refractivity contribution is 6.02. The summed E-state index contributed by atoms with van der Waals surface area (Å²) in [5, 5.41) is 7.00. The van der Waals surface area contributed by atoms with Gasteiger partial charge >= 0.3 is 0 Å². The lowest BCUT2D eigenvalue weighted by Gasteiger charge is -2.61. The second kappa shape index (κ2) is 6.23. The van der Waals surface area contributed by atoms with Crippen LogP contribution in [0.1, 0.15) is 62.7 Å². The van der Waals surface area contributed by atoms with Gasteiger partial charge in [0.1, 0.15) is 5.66 Å². The van der Waals surface area contributed by atoms with E-state index in [9.17, 15) is 9.59 Å². The molecule has 5 atom stereocenters. The summed E-state index contributed by atoms with van der Waals surface area (Å²) >= 11 is 0. The summed E-state index contributed by atoms with van der Waals surface area (Å²) in [6.07, 6.45) is 6.18. The molecule has 28 heavy (non-hydrogen) atoms. The molecule has 4 fully saturated rings. The number of amides is 2. The normalized spacial score (nSPS) is 39.3. The molecule has 150 valence electrons. The summed E-state index contributed by atoms with van der Waals surface area (Å²) in [4.78, 5) is 28.4. The van der Waals surface area contributed by atoms with E-state index >= 15 is 0 Å². The topological polar surface area (TPSA) is 61.4 Å². The Morgan fingerprint density at radius 3 is 2.82 bits per heavy atom. The molecule has 0 aromatic heterocycles. The second-order valence-corrected chi connectivity index (χ2v) is 9.98. The first-order valence-corrected chi connectivity index (χ1v) is 10.9. The molecule has 1 aromatic carbocycles. The molecule has 6 rings (SSSR count). The van der Waals surface area contributed by atoms with Crippen LogP contribution in [0.4, 0.5) is 5.69 Å². The second-order valence-electron chi connectivity index (χ2n) is 9.98. The first kappa shape index (κ1) is 18.0. The first-order chi connectivity index (χ1) is 13.4. The van der Waals surface area contributed by atoms with E-state index < -0.39 is 5.66 Å². The Bertz CT molecular complexity index is 824. The van der Waals surface area contributed by atoms with Gasteiger partial charge in [-0.1, -0.05) is 26.0 Å². The third kappa shape index (κ3) is 2.66. The molecule has 2 N–H and O–H groups in total. The molecule has 2 bridgehead atoms. The van der Waals surface area contributed by atoms with Crippen molar-refractivity contribution in [1.82, 2.24) is 10.2 Å². The average Bonchev–Trinajstić information content (AvgIpc) is 2.67. The lowest BCUT2D eigenvalue weighted by molar-refractivity contribution is -0.152. The highest BCUT2D eigenvalue weighted by Gasteiger charge is 2.60. The number of fused-ring (bicyclic) bond motifs is 3. The minimum atomic E-state index is -0.412. The first-order valence-electron chi connectivity index (χ1n) is 10.9. The van der Waals surface area contributed by atoms with Crippen molar-refractivity contribution in [2.75, 3.05) is 18.4 Å². The number of para-hydroxylation sites is 1. The standard InChI is InChI=1S/C23H31N3O2/c1-15-6-5-11-26(13-15)21(28)18-12-16-9-10-22(18,2)14-23(16)24-19-8-4-3-7-17(19)20(27)25-23/h3-4,7-8,15-16,18,24H,5-6,9-14H2,1-2H3,(H,25,27)/t15-,16+,18-,22-,23+/m1/s1. The summed E-state index contributed by atoms with van der Waals surface area (Å²) in [7, 11) is 0. The number of benzene rings is 1. The van der Waals surface area contributed by atoms with Gasteiger partial charge in [0.2, 0.25) is 5.91 Å². The minimum absolute atomic E-state index is 0.0123. The maximum atomic E-state index is 13.4. The largest absolute Gasteiger partial charge is 0.362 e. The third-order valence-corrected chi connectivity index (χ3v) is 7.94. The molecule has 2 heterocycles. The van der Waals surface area contributed by atoms with Crippen molar-refractivity contribution < 1.29 is 9.59 Å². The predicted octanol–water partition coefficient (Wildman–Crippen LogP) is 3.62. The molecule has 2 aliphatic heterocycles. The van der Waals surface area contributed by atoms with Crippen LogP contribution >= 0.6 is 0 Å². The van der Waals surface area contributed by atoms with E-state index in [1.807, 2.05) is 24.3 Å². The molecule has 5 aliphatic rings. The van der Waals surface area contributed by atoms with Crippen LogP contribution in [0, 0.1) is 23.2 Å². The number of carbonyl (C=O) groups is 2. The zero-order chi connectivity index (χ0) is 19.5. The van der Waals surface area contributed by atoms with Crippen LogP contribution in [0.25, 0.3) is 0 Å². The van der Waals surface area contributed by atoms with Gasteiger partial charge in [0, 0.05) is 30.6 Å². The summed E-state index contributed by atoms with van der Waals surface area (Å²) in [5.41, 5.74) is 1.16. The quantitative estimate of drug-likeness (QED) is 0.781. The van der Waals surface area contributed by atoms with E-state index in [1.54, 1.807) is 0 Å². The van der Waals surface area contributed by atoms with Crippen LogP contribution < -0.4 is 10.6 Å². The van der Waals surface area contributed by atoms with Crippen molar-refractivity contribution in [1.29, 1.82) is 0 Å². The molecule has 3 saturated carbocycles. The summed E-state index contributed by atoms with van der Waals surface area (Å²) in [6, 6.07) is 7.75. The van der Waals surface area contributed by atoms with Crippen LogP contribution in [0.15, 0.2) is 24.3 Å². The Kier molecular flexibility index (Phi) is 4.01. The summed E-state index contributed by atoms with van der Waals surface area (Å²) in [6.45, 7) is 6.34. The number of hydrogen-bond acceptors (Lipinski definition) is 3. The lowest BCUT2D eigenvalue weighted by atomic mass is 9.51. The van der Waals surface area contributed by atoms with E-state index in [0.717, 1.165) is 56.4 Å². The van der Waals surface area contributed by atoms with Crippen molar-refractivity contribution in [2.45, 2.75) is 58.0 Å². The minimum Gasteiger partial charge on any atom is -0.362 e. The smallest absolute Gasteiger partial charge is 0.255 e. The monoisotopic (exact) mass is 381 g/mol. The molecule has 1 saturated heterocycles. The number of carbonyl (C=O) groups excluding carboxylic acids is 2. The van der Waals surface area contributed by atoms with Crippen molar-refractivity contribution in [3.63, 3.8) is 0 Å². The molecule has 5 nitrogen and oxygen atoms in total. The molecule has 0 radical (unpaired) electrons. The van der Waals surface area contributed by atoms with Crippen molar-refractivity contribution >= 4 is 17.5 Å². The fraction of sp³-hybridized carbons (Fsp3) is 0.652. The number of rotatable bonds is 1. The fourth-order valence-electron chi connectivity index (χ4n) is 6.44. The predicted molar refractivity (Wildman–Crippen MR) is 109 cm³/mol. The van der Waals surface area contributed by atoms with Gasteiger partial charge in [-0.3, -0.25) is 9.59 Å². The van der Waals surface area contributed by atoms with Gasteiger partial charge in [-0.25, -0.2) is 0 Å². The SMILES string of the molecule is C[C@@H]1CCCN(C(=O)[C@H]2C[C@@H]3CC[C@]2(C)C[C@]32NC(=O)c3ccccc3N2)C1. The summed E-state index contributed by atoms with van der Waals surface area (Å²) in [5.74, 6) is 1.35. The number of piperidine rings is 1. The van der Waals surface area contributed by atoms with Crippen LogP contribution in [0.5, 0.6) is 0 Å². The zero-order valence-electron chi connectivity index (χ0n) is 17.0. The van der Waals surface area contributed by atoms with E-state index in [0.29, 0.717) is 17.7 Å². The molecular formula is C23H31N3O2. The van der Waals surface area contributed by atoms with Gasteiger partial charge in [0.25, 0.3) is 5.91 Å². The maximum Gasteiger partial charge on any atom is 0.255 e. The molecule has 2 amide bonds. The number of nitrogens with zero attached hydrogens (tertiary/aromatic N) is 1. The van der Waals surface area contributed by atoms with Crippen LogP contribution in [0.2, 0.25) is 0 Å². The lowest BCUT2D eigenvalue weighted by Crippen LogP contribution is -2.70. The Balaban J connectivity index is 1.41. The number of anilines is 1. The maximum absolute atomic E-state index is 13.4. The highest BCUT2D eigenvalue weighted by Crippen LogP contribution is 2.58. The van der Waals surface area contributed by atoms with Gasteiger partial charge in [-0.05, 0) is 62.0 Å². The third-order valence-electron chi connectivity index (χ3n) is 7.94. The van der Waals surface area contributed by atoms with Gasteiger partial charge in [0.15, 0.2) is 0 Å². The van der Waals surface area contributed by atoms with E-state index in [1.165, 1.54) is 6.42 Å².